The summed E-state index contributed by atoms with van der Waals surface area (Å²) in [6, 6.07) is 13.9. The predicted octanol–water partition coefficient (Wildman–Crippen LogP) is 5.03. The highest BCUT2D eigenvalue weighted by Gasteiger charge is 2.50. The third kappa shape index (κ3) is 2.65. The number of nitrogens with zero attached hydrogens (tertiary/aromatic N) is 1. The number of alkyl halides is 1. The summed E-state index contributed by atoms with van der Waals surface area (Å²) >= 11 is 7.06. The lowest BCUT2D eigenvalue weighted by molar-refractivity contribution is 0.0255. The minimum atomic E-state index is -0.182. The van der Waals surface area contributed by atoms with Gasteiger partial charge in [-0.2, -0.15) is 0 Å². The maximum atomic E-state index is 13.0. The van der Waals surface area contributed by atoms with Crippen LogP contribution in [-0.2, 0) is 0 Å². The second kappa shape index (κ2) is 6.29. The highest BCUT2D eigenvalue weighted by molar-refractivity contribution is 6.24. The number of furan rings is 1. The molecule has 0 radical (unpaired) electrons. The van der Waals surface area contributed by atoms with E-state index in [2.05, 4.69) is 12.1 Å². The van der Waals surface area contributed by atoms with Gasteiger partial charge < -0.3 is 9.32 Å². The molecule has 1 aromatic carbocycles. The number of rotatable bonds is 2. The molecule has 0 N–H and O–H groups in total. The first-order valence-electron chi connectivity index (χ1n) is 8.77. The normalized spacial score (nSPS) is 30.0. The molecule has 126 valence electrons. The van der Waals surface area contributed by atoms with Gasteiger partial charge in [0.15, 0.2) is 5.76 Å². The first-order valence-corrected chi connectivity index (χ1v) is 9.15. The summed E-state index contributed by atoms with van der Waals surface area (Å²) in [5, 5.41) is 0. The fraction of sp³-hybridized carbons (Fsp3) is 0.450. The Kier molecular flexibility index (Phi) is 4.13. The van der Waals surface area contributed by atoms with Gasteiger partial charge in [-0.05, 0) is 37.0 Å². The third-order valence-corrected chi connectivity index (χ3v) is 6.30. The van der Waals surface area contributed by atoms with Gasteiger partial charge in [0.05, 0.1) is 17.2 Å². The van der Waals surface area contributed by atoms with Gasteiger partial charge in [0.2, 0.25) is 0 Å². The van der Waals surface area contributed by atoms with Gasteiger partial charge in [-0.1, -0.05) is 43.2 Å². The summed E-state index contributed by atoms with van der Waals surface area (Å²) in [4.78, 5) is 14.8. The summed E-state index contributed by atoms with van der Waals surface area (Å²) < 4.78 is 5.37. The third-order valence-electron chi connectivity index (χ3n) is 5.64. The van der Waals surface area contributed by atoms with E-state index in [9.17, 15) is 4.79 Å². The van der Waals surface area contributed by atoms with Crippen molar-refractivity contribution in [3.63, 3.8) is 0 Å². The van der Waals surface area contributed by atoms with E-state index in [1.165, 1.54) is 18.4 Å². The molecule has 2 aromatic rings. The number of halogens is 1. The van der Waals surface area contributed by atoms with Crippen molar-refractivity contribution in [2.24, 2.45) is 5.92 Å². The molecule has 0 bridgehead atoms. The van der Waals surface area contributed by atoms with Crippen LogP contribution in [0.25, 0.3) is 0 Å². The Bertz CT molecular complexity index is 700. The Morgan fingerprint density at radius 2 is 1.96 bits per heavy atom. The highest BCUT2D eigenvalue weighted by atomic mass is 35.5. The minimum Gasteiger partial charge on any atom is -0.459 e. The zero-order valence-corrected chi connectivity index (χ0v) is 14.4. The van der Waals surface area contributed by atoms with E-state index in [-0.39, 0.29) is 16.8 Å². The second-order valence-corrected chi connectivity index (χ2v) is 7.72. The lowest BCUT2D eigenvalue weighted by Gasteiger charge is -2.52. The first-order chi connectivity index (χ1) is 11.7. The standard InChI is InChI=1S/C20H22ClNO2/c21-20-11-5-4-9-16(20)18(15-7-2-1-3-8-15)22(13-12-20)19(23)17-10-6-14-24-17/h1-3,6-8,10,14,16,18H,4-5,9,11-13H2/t16-,18-,20+/m0/s1. The number of amides is 1. The largest absolute Gasteiger partial charge is 0.459 e. The Morgan fingerprint density at radius 1 is 1.12 bits per heavy atom. The van der Waals surface area contributed by atoms with Crippen LogP contribution in [0.3, 0.4) is 0 Å². The first kappa shape index (κ1) is 15.8. The smallest absolute Gasteiger partial charge is 0.290 e. The number of benzene rings is 1. The van der Waals surface area contributed by atoms with Gasteiger partial charge >= 0.3 is 0 Å². The van der Waals surface area contributed by atoms with Crippen molar-refractivity contribution in [3.05, 3.63) is 60.1 Å². The Morgan fingerprint density at radius 3 is 2.71 bits per heavy atom. The monoisotopic (exact) mass is 343 g/mol. The van der Waals surface area contributed by atoms with Crippen LogP contribution in [0, 0.1) is 5.92 Å². The van der Waals surface area contributed by atoms with E-state index in [0.29, 0.717) is 18.2 Å². The van der Waals surface area contributed by atoms with Crippen LogP contribution in [0.4, 0.5) is 0 Å². The quantitative estimate of drug-likeness (QED) is 0.716. The molecular formula is C20H22ClNO2. The van der Waals surface area contributed by atoms with Crippen molar-refractivity contribution < 1.29 is 9.21 Å². The second-order valence-electron chi connectivity index (χ2n) is 6.97. The molecule has 1 amide bonds. The highest BCUT2D eigenvalue weighted by Crippen LogP contribution is 2.52. The Balaban J connectivity index is 1.74. The van der Waals surface area contributed by atoms with Crippen molar-refractivity contribution in [2.75, 3.05) is 6.54 Å². The van der Waals surface area contributed by atoms with Gasteiger partial charge in [0.1, 0.15) is 0 Å². The summed E-state index contributed by atoms with van der Waals surface area (Å²) in [5.41, 5.74) is 1.18. The minimum absolute atomic E-state index is 0.0235. The summed E-state index contributed by atoms with van der Waals surface area (Å²) in [7, 11) is 0. The van der Waals surface area contributed by atoms with E-state index < -0.39 is 0 Å². The molecule has 1 aliphatic heterocycles. The van der Waals surface area contributed by atoms with E-state index in [0.717, 1.165) is 19.3 Å². The van der Waals surface area contributed by atoms with Gasteiger partial charge in [-0.15, -0.1) is 11.6 Å². The Hall–Kier alpha value is -1.74. The van der Waals surface area contributed by atoms with Crippen LogP contribution >= 0.6 is 11.6 Å². The van der Waals surface area contributed by atoms with E-state index in [1.54, 1.807) is 18.4 Å². The van der Waals surface area contributed by atoms with Crippen molar-refractivity contribution in [3.8, 4) is 0 Å². The molecule has 1 saturated heterocycles. The van der Waals surface area contributed by atoms with Crippen molar-refractivity contribution in [1.82, 2.24) is 4.90 Å². The summed E-state index contributed by atoms with van der Waals surface area (Å²) in [5.74, 6) is 0.676. The van der Waals surface area contributed by atoms with Crippen LogP contribution in [0.15, 0.2) is 53.1 Å². The molecule has 2 fully saturated rings. The number of carbonyl (C=O) groups is 1. The average Bonchev–Trinajstić information content (AvgIpc) is 3.15. The molecule has 4 heteroatoms. The topological polar surface area (TPSA) is 33.5 Å². The van der Waals surface area contributed by atoms with Gasteiger partial charge in [0.25, 0.3) is 5.91 Å². The molecule has 2 heterocycles. The molecule has 24 heavy (non-hydrogen) atoms. The number of hydrogen-bond acceptors (Lipinski definition) is 2. The fourth-order valence-electron chi connectivity index (χ4n) is 4.47. The van der Waals surface area contributed by atoms with Crippen LogP contribution in [0.1, 0.15) is 54.3 Å². The van der Waals surface area contributed by atoms with Crippen LogP contribution in [0.5, 0.6) is 0 Å². The molecule has 4 rings (SSSR count). The fourth-order valence-corrected chi connectivity index (χ4v) is 4.92. The number of hydrogen-bond donors (Lipinski definition) is 0. The SMILES string of the molecule is O=C(c1ccco1)N1CC[C@]2(Cl)CCCC[C@H]2[C@@H]1c1ccccc1. The maximum absolute atomic E-state index is 13.0. The van der Waals surface area contributed by atoms with Crippen molar-refractivity contribution in [2.45, 2.75) is 43.0 Å². The van der Waals surface area contributed by atoms with Crippen LogP contribution < -0.4 is 0 Å². The molecule has 0 spiro atoms. The van der Waals surface area contributed by atoms with Gasteiger partial charge in [-0.25, -0.2) is 0 Å². The lowest BCUT2D eigenvalue weighted by atomic mass is 9.68. The molecule has 0 unspecified atom stereocenters. The lowest BCUT2D eigenvalue weighted by Crippen LogP contribution is -2.53. The van der Waals surface area contributed by atoms with Gasteiger partial charge in [0, 0.05) is 12.5 Å². The molecule has 1 aromatic heterocycles. The van der Waals surface area contributed by atoms with Crippen molar-refractivity contribution in [1.29, 1.82) is 0 Å². The zero-order chi connectivity index (χ0) is 16.6. The number of fused-ring (bicyclic) bond motifs is 1. The van der Waals surface area contributed by atoms with Crippen molar-refractivity contribution >= 4 is 17.5 Å². The Labute approximate surface area is 147 Å². The summed E-state index contributed by atoms with van der Waals surface area (Å²) in [6.07, 6.45) is 6.91. The molecule has 1 aliphatic carbocycles. The van der Waals surface area contributed by atoms with Crippen LogP contribution in [0.2, 0.25) is 0 Å². The number of likely N-dealkylation sites (tertiary alicyclic amines) is 1. The molecule has 2 aliphatic rings. The molecule has 3 atom stereocenters. The number of piperidine rings is 1. The maximum Gasteiger partial charge on any atom is 0.290 e. The molecule has 3 nitrogen and oxygen atoms in total. The van der Waals surface area contributed by atoms with E-state index in [1.807, 2.05) is 23.1 Å². The zero-order valence-electron chi connectivity index (χ0n) is 13.7. The summed E-state index contributed by atoms with van der Waals surface area (Å²) in [6.45, 7) is 0.680. The predicted molar refractivity (Wildman–Crippen MR) is 94.1 cm³/mol. The number of carbonyl (C=O) groups excluding carboxylic acids is 1. The molecule has 1 saturated carbocycles. The van der Waals surface area contributed by atoms with E-state index >= 15 is 0 Å². The van der Waals surface area contributed by atoms with Crippen LogP contribution in [-0.4, -0.2) is 22.2 Å². The van der Waals surface area contributed by atoms with E-state index in [4.69, 9.17) is 16.0 Å². The average molecular weight is 344 g/mol. The van der Waals surface area contributed by atoms with Gasteiger partial charge in [-0.3, -0.25) is 4.79 Å². The molecular weight excluding hydrogens is 322 g/mol.